The van der Waals surface area contributed by atoms with E-state index in [0.717, 1.165) is 11.3 Å². The summed E-state index contributed by atoms with van der Waals surface area (Å²) in [6.07, 6.45) is 0. The monoisotopic (exact) mass is 207 g/mol. The van der Waals surface area contributed by atoms with Crippen LogP contribution in [0.25, 0.3) is 0 Å². The summed E-state index contributed by atoms with van der Waals surface area (Å²) in [6, 6.07) is 1.66. The van der Waals surface area contributed by atoms with Gasteiger partial charge < -0.3 is 0 Å². The molecule has 0 amide bonds. The molecule has 0 radical (unpaired) electrons. The maximum atomic E-state index is 10.1. The van der Waals surface area contributed by atoms with E-state index >= 15 is 0 Å². The first-order valence-electron chi connectivity index (χ1n) is 2.09. The van der Waals surface area contributed by atoms with Crippen LogP contribution in [0.15, 0.2) is 15.9 Å². The Kier molecular flexibility index (Phi) is 1.82. The fourth-order valence-electron chi connectivity index (χ4n) is 0.416. The molecule has 1 heterocycles. The van der Waals surface area contributed by atoms with Crippen LogP contribution in [0.3, 0.4) is 0 Å². The van der Waals surface area contributed by atoms with Gasteiger partial charge in [-0.3, -0.25) is 10.1 Å². The minimum absolute atomic E-state index is 0.162. The molecule has 0 fully saturated rings. The number of hydrogen-bond acceptors (Lipinski definition) is 3. The minimum Gasteiger partial charge on any atom is -0.258 e. The van der Waals surface area contributed by atoms with Crippen LogP contribution in [-0.4, -0.2) is 4.92 Å². The number of nitro groups is 1. The molecule has 5 heteroatoms. The number of halogens is 1. The first kappa shape index (κ1) is 6.70. The second-order valence-electron chi connectivity index (χ2n) is 1.33. The van der Waals surface area contributed by atoms with Gasteiger partial charge in [0.15, 0.2) is 0 Å². The van der Waals surface area contributed by atoms with Gasteiger partial charge in [0.2, 0.25) is 0 Å². The van der Waals surface area contributed by atoms with Gasteiger partial charge in [0.1, 0.15) is 4.47 Å². The smallest absolute Gasteiger partial charge is 0.258 e. The van der Waals surface area contributed by atoms with E-state index in [1.807, 2.05) is 0 Å². The maximum Gasteiger partial charge on any atom is 0.338 e. The second-order valence-corrected chi connectivity index (χ2v) is 3.08. The highest BCUT2D eigenvalue weighted by Gasteiger charge is 2.11. The summed E-state index contributed by atoms with van der Waals surface area (Å²) in [5.74, 6) is 0. The molecular weight excluding hydrogens is 206 g/mol. The van der Waals surface area contributed by atoms with Crippen LogP contribution in [-0.2, 0) is 0 Å². The van der Waals surface area contributed by atoms with Gasteiger partial charge in [-0.1, -0.05) is 11.3 Å². The van der Waals surface area contributed by atoms with E-state index in [9.17, 15) is 10.1 Å². The molecule has 3 nitrogen and oxygen atoms in total. The van der Waals surface area contributed by atoms with Crippen molar-refractivity contribution in [3.05, 3.63) is 26.0 Å². The third-order valence-electron chi connectivity index (χ3n) is 0.764. The van der Waals surface area contributed by atoms with Crippen molar-refractivity contribution < 1.29 is 4.92 Å². The molecule has 1 rings (SSSR count). The van der Waals surface area contributed by atoms with E-state index in [0.29, 0.717) is 4.47 Å². The molecule has 48 valence electrons. The Labute approximate surface area is 63.6 Å². The Morgan fingerprint density at radius 1 is 1.78 bits per heavy atom. The highest BCUT2D eigenvalue weighted by atomic mass is 79.9. The molecule has 0 saturated carbocycles. The van der Waals surface area contributed by atoms with Gasteiger partial charge in [0.25, 0.3) is 0 Å². The lowest BCUT2D eigenvalue weighted by molar-refractivity contribution is -0.380. The number of hydrogen-bond donors (Lipinski definition) is 0. The normalized spacial score (nSPS) is 9.44. The van der Waals surface area contributed by atoms with Gasteiger partial charge in [0, 0.05) is 0 Å². The molecule has 0 atom stereocenters. The molecule has 0 bridgehead atoms. The van der Waals surface area contributed by atoms with Crippen molar-refractivity contribution in [3.8, 4) is 0 Å². The van der Waals surface area contributed by atoms with Gasteiger partial charge in [-0.05, 0) is 27.4 Å². The molecule has 0 N–H and O–H groups in total. The maximum absolute atomic E-state index is 10.1. The molecule has 1 aromatic heterocycles. The fourth-order valence-corrected chi connectivity index (χ4v) is 1.75. The lowest BCUT2D eigenvalue weighted by atomic mass is 10.6. The van der Waals surface area contributed by atoms with Crippen LogP contribution in [0.1, 0.15) is 0 Å². The molecule has 0 aromatic carbocycles. The Hall–Kier alpha value is -0.420. The fraction of sp³-hybridized carbons (Fsp3) is 0. The predicted octanol–water partition coefficient (Wildman–Crippen LogP) is 2.42. The average molecular weight is 208 g/mol. The first-order valence-corrected chi connectivity index (χ1v) is 3.76. The van der Waals surface area contributed by atoms with Crippen molar-refractivity contribution in [2.24, 2.45) is 0 Å². The predicted molar refractivity (Wildman–Crippen MR) is 38.7 cm³/mol. The highest BCUT2D eigenvalue weighted by Crippen LogP contribution is 2.29. The second kappa shape index (κ2) is 2.45. The summed E-state index contributed by atoms with van der Waals surface area (Å²) >= 11 is 4.15. The third kappa shape index (κ3) is 1.28. The van der Waals surface area contributed by atoms with Crippen molar-refractivity contribution >= 4 is 32.3 Å². The molecule has 0 aliphatic carbocycles. The van der Waals surface area contributed by atoms with Gasteiger partial charge in [-0.25, -0.2) is 0 Å². The molecule has 0 aliphatic rings. The van der Waals surface area contributed by atoms with Crippen LogP contribution in [0.2, 0.25) is 0 Å². The zero-order chi connectivity index (χ0) is 6.85. The van der Waals surface area contributed by atoms with E-state index in [-0.39, 0.29) is 5.00 Å². The van der Waals surface area contributed by atoms with E-state index < -0.39 is 4.92 Å². The van der Waals surface area contributed by atoms with Crippen molar-refractivity contribution in [2.45, 2.75) is 0 Å². The summed E-state index contributed by atoms with van der Waals surface area (Å²) in [4.78, 5) is 9.66. The zero-order valence-corrected chi connectivity index (χ0v) is 6.61. The SMILES string of the molecule is O=[N+]([O-])c1sccc1Br. The topological polar surface area (TPSA) is 43.1 Å². The van der Waals surface area contributed by atoms with Crippen LogP contribution in [0.5, 0.6) is 0 Å². The number of rotatable bonds is 1. The lowest BCUT2D eigenvalue weighted by Gasteiger charge is -1.81. The molecule has 9 heavy (non-hydrogen) atoms. The summed E-state index contributed by atoms with van der Waals surface area (Å²) in [5, 5.41) is 11.9. The third-order valence-corrected chi connectivity index (χ3v) is 2.53. The highest BCUT2D eigenvalue weighted by molar-refractivity contribution is 9.10. The lowest BCUT2D eigenvalue weighted by Crippen LogP contribution is -1.82. The van der Waals surface area contributed by atoms with Crippen molar-refractivity contribution in [2.75, 3.05) is 0 Å². The summed E-state index contributed by atoms with van der Waals surface area (Å²) in [7, 11) is 0. The average Bonchev–Trinajstić information content (AvgIpc) is 2.13. The van der Waals surface area contributed by atoms with Crippen LogP contribution >= 0.6 is 27.3 Å². The van der Waals surface area contributed by atoms with Gasteiger partial charge in [0.05, 0.1) is 4.92 Å². The Morgan fingerprint density at radius 3 is 2.67 bits per heavy atom. The van der Waals surface area contributed by atoms with E-state index in [1.165, 1.54) is 0 Å². The van der Waals surface area contributed by atoms with Crippen molar-refractivity contribution in [3.63, 3.8) is 0 Å². The Morgan fingerprint density at radius 2 is 2.44 bits per heavy atom. The molecule has 0 spiro atoms. The van der Waals surface area contributed by atoms with Crippen molar-refractivity contribution in [1.29, 1.82) is 0 Å². The molecule has 1 aromatic rings. The van der Waals surface area contributed by atoms with Crippen LogP contribution in [0, 0.1) is 10.1 Å². The van der Waals surface area contributed by atoms with Gasteiger partial charge in [-0.2, -0.15) is 0 Å². The standard InChI is InChI=1S/C4H2BrNO2S/c5-3-1-2-9-4(3)6(7)8/h1-2H. The van der Waals surface area contributed by atoms with E-state index in [4.69, 9.17) is 0 Å². The summed E-state index contributed by atoms with van der Waals surface area (Å²) in [5.41, 5.74) is 0. The number of thiophene rings is 1. The largest absolute Gasteiger partial charge is 0.338 e. The number of nitrogens with zero attached hydrogens (tertiary/aromatic N) is 1. The molecule has 0 aliphatic heterocycles. The van der Waals surface area contributed by atoms with Crippen LogP contribution in [0.4, 0.5) is 5.00 Å². The Bertz CT molecular complexity index is 234. The minimum atomic E-state index is -0.408. The quantitative estimate of drug-likeness (QED) is 0.525. The summed E-state index contributed by atoms with van der Waals surface area (Å²) < 4.78 is 0.553. The first-order chi connectivity index (χ1) is 4.22. The van der Waals surface area contributed by atoms with E-state index in [2.05, 4.69) is 15.9 Å². The van der Waals surface area contributed by atoms with Crippen molar-refractivity contribution in [1.82, 2.24) is 0 Å². The molecule has 0 unspecified atom stereocenters. The Balaban J connectivity index is 3.08. The summed E-state index contributed by atoms with van der Waals surface area (Å²) in [6.45, 7) is 0. The van der Waals surface area contributed by atoms with Gasteiger partial charge >= 0.3 is 5.00 Å². The van der Waals surface area contributed by atoms with Gasteiger partial charge in [-0.15, -0.1) is 0 Å². The van der Waals surface area contributed by atoms with E-state index in [1.54, 1.807) is 11.4 Å². The molecular formula is C4H2BrNO2S. The zero-order valence-electron chi connectivity index (χ0n) is 4.20. The molecule has 0 saturated heterocycles. The van der Waals surface area contributed by atoms with Crippen LogP contribution < -0.4 is 0 Å².